The van der Waals surface area contributed by atoms with Gasteiger partial charge in [-0.3, -0.25) is 9.80 Å². The smallest absolute Gasteiger partial charge is 0.0387 e. The zero-order chi connectivity index (χ0) is 16.9. The number of benzene rings is 1. The van der Waals surface area contributed by atoms with Crippen LogP contribution >= 0.6 is 0 Å². The maximum Gasteiger partial charge on any atom is 0.0387 e. The van der Waals surface area contributed by atoms with Crippen LogP contribution in [0.2, 0.25) is 0 Å². The average molecular weight is 331 g/mol. The summed E-state index contributed by atoms with van der Waals surface area (Å²) in [7, 11) is 0. The van der Waals surface area contributed by atoms with Crippen LogP contribution in [0.1, 0.15) is 27.2 Å². The van der Waals surface area contributed by atoms with E-state index in [1.807, 2.05) is 0 Å². The van der Waals surface area contributed by atoms with Crippen molar-refractivity contribution >= 4 is 11.4 Å². The normalized spacial score (nSPS) is 20.8. The Bertz CT molecular complexity index is 500. The maximum atomic E-state index is 2.59. The van der Waals surface area contributed by atoms with Gasteiger partial charge in [-0.25, -0.2) is 0 Å². The minimum Gasteiger partial charge on any atom is -0.369 e. The lowest BCUT2D eigenvalue weighted by Crippen LogP contribution is -2.49. The number of hydrogen-bond acceptors (Lipinski definition) is 4. The molecule has 4 nitrogen and oxygen atoms in total. The molecule has 2 aliphatic rings. The summed E-state index contributed by atoms with van der Waals surface area (Å²) in [5, 5.41) is 0. The van der Waals surface area contributed by atoms with E-state index in [1.165, 1.54) is 50.5 Å². The van der Waals surface area contributed by atoms with Crippen molar-refractivity contribution in [3.63, 3.8) is 0 Å². The zero-order valence-electron chi connectivity index (χ0n) is 15.7. The van der Waals surface area contributed by atoms with Crippen LogP contribution in [0.15, 0.2) is 24.3 Å². The second-order valence-electron chi connectivity index (χ2n) is 7.47. The highest BCUT2D eigenvalue weighted by Crippen LogP contribution is 2.25. The monoisotopic (exact) mass is 330 g/mol. The van der Waals surface area contributed by atoms with Gasteiger partial charge in [0.25, 0.3) is 0 Å². The van der Waals surface area contributed by atoms with Crippen molar-refractivity contribution in [1.82, 2.24) is 9.80 Å². The van der Waals surface area contributed by atoms with Crippen LogP contribution in [-0.4, -0.2) is 74.7 Å². The first-order valence-corrected chi connectivity index (χ1v) is 9.73. The Morgan fingerprint density at radius 3 is 1.88 bits per heavy atom. The quantitative estimate of drug-likeness (QED) is 0.823. The molecule has 2 aliphatic heterocycles. The molecule has 0 unspecified atom stereocenters. The molecule has 2 saturated heterocycles. The molecule has 1 aromatic carbocycles. The van der Waals surface area contributed by atoms with Crippen molar-refractivity contribution in [2.45, 2.75) is 33.2 Å². The van der Waals surface area contributed by atoms with Crippen molar-refractivity contribution in [2.75, 3.05) is 68.7 Å². The van der Waals surface area contributed by atoms with Crippen LogP contribution in [0, 0.1) is 0 Å². The highest BCUT2D eigenvalue weighted by molar-refractivity contribution is 5.60. The van der Waals surface area contributed by atoms with E-state index < -0.39 is 0 Å². The van der Waals surface area contributed by atoms with Gasteiger partial charge in [0.1, 0.15) is 0 Å². The van der Waals surface area contributed by atoms with Gasteiger partial charge >= 0.3 is 0 Å². The average Bonchev–Trinajstić information content (AvgIpc) is 2.63. The van der Waals surface area contributed by atoms with Crippen LogP contribution in [0.25, 0.3) is 0 Å². The summed E-state index contributed by atoms with van der Waals surface area (Å²) >= 11 is 0. The molecule has 134 valence electrons. The van der Waals surface area contributed by atoms with Gasteiger partial charge in [-0.2, -0.15) is 0 Å². The van der Waals surface area contributed by atoms with Crippen molar-refractivity contribution < 1.29 is 0 Å². The summed E-state index contributed by atoms with van der Waals surface area (Å²) in [4.78, 5) is 10.3. The molecule has 0 aromatic heterocycles. The van der Waals surface area contributed by atoms with Gasteiger partial charge in [0.05, 0.1) is 0 Å². The summed E-state index contributed by atoms with van der Waals surface area (Å²) in [6, 6.07) is 9.86. The lowest BCUT2D eigenvalue weighted by Gasteiger charge is -2.39. The molecule has 0 aliphatic carbocycles. The third-order valence-corrected chi connectivity index (χ3v) is 5.52. The first kappa shape index (κ1) is 17.6. The largest absolute Gasteiger partial charge is 0.369 e. The number of piperazine rings is 2. The van der Waals surface area contributed by atoms with Crippen LogP contribution in [0.3, 0.4) is 0 Å². The molecule has 0 bridgehead atoms. The van der Waals surface area contributed by atoms with Gasteiger partial charge in [0.2, 0.25) is 0 Å². The Hall–Kier alpha value is -1.26. The predicted octanol–water partition coefficient (Wildman–Crippen LogP) is 2.75. The molecular weight excluding hydrogens is 296 g/mol. The molecule has 0 spiro atoms. The predicted molar refractivity (Wildman–Crippen MR) is 104 cm³/mol. The van der Waals surface area contributed by atoms with Gasteiger partial charge in [0, 0.05) is 69.8 Å². The molecule has 0 radical (unpaired) electrons. The molecule has 0 N–H and O–H groups in total. The van der Waals surface area contributed by atoms with E-state index >= 15 is 0 Å². The fourth-order valence-electron chi connectivity index (χ4n) is 3.93. The number of anilines is 2. The molecule has 3 rings (SSSR count). The first-order chi connectivity index (χ1) is 11.7. The van der Waals surface area contributed by atoms with Crippen LogP contribution in [-0.2, 0) is 0 Å². The summed E-state index contributed by atoms with van der Waals surface area (Å²) in [6.07, 6.45) is 1.26. The molecule has 4 heteroatoms. The lowest BCUT2D eigenvalue weighted by molar-refractivity contribution is 0.209. The first-order valence-electron chi connectivity index (χ1n) is 9.73. The topological polar surface area (TPSA) is 13.0 Å². The molecule has 1 aromatic rings. The zero-order valence-corrected chi connectivity index (χ0v) is 15.7. The summed E-state index contributed by atoms with van der Waals surface area (Å²) < 4.78 is 0. The summed E-state index contributed by atoms with van der Waals surface area (Å²) in [5.41, 5.74) is 2.79. The second-order valence-corrected chi connectivity index (χ2v) is 7.47. The Labute approximate surface area is 148 Å². The van der Waals surface area contributed by atoms with Crippen molar-refractivity contribution in [1.29, 1.82) is 0 Å². The molecule has 0 amide bonds. The molecule has 0 atom stereocenters. The summed E-state index contributed by atoms with van der Waals surface area (Å²) in [6.45, 7) is 17.5. The highest BCUT2D eigenvalue weighted by Gasteiger charge is 2.20. The van der Waals surface area contributed by atoms with Gasteiger partial charge in [-0.05, 0) is 45.0 Å². The van der Waals surface area contributed by atoms with Crippen molar-refractivity contribution in [3.05, 3.63) is 24.3 Å². The molecule has 2 heterocycles. The van der Waals surface area contributed by atoms with E-state index in [-0.39, 0.29) is 0 Å². The van der Waals surface area contributed by atoms with E-state index in [4.69, 9.17) is 0 Å². The Morgan fingerprint density at radius 1 is 0.833 bits per heavy atom. The summed E-state index contributed by atoms with van der Waals surface area (Å²) in [5.74, 6) is 0. The Morgan fingerprint density at radius 2 is 1.38 bits per heavy atom. The number of hydrogen-bond donors (Lipinski definition) is 0. The van der Waals surface area contributed by atoms with E-state index in [0.29, 0.717) is 6.04 Å². The second kappa shape index (κ2) is 8.21. The van der Waals surface area contributed by atoms with Crippen LogP contribution < -0.4 is 9.80 Å². The van der Waals surface area contributed by atoms with Gasteiger partial charge < -0.3 is 9.80 Å². The fraction of sp³-hybridized carbons (Fsp3) is 0.700. The highest BCUT2D eigenvalue weighted by atomic mass is 15.3. The van der Waals surface area contributed by atoms with Gasteiger partial charge in [-0.1, -0.05) is 13.0 Å². The van der Waals surface area contributed by atoms with Gasteiger partial charge in [0.15, 0.2) is 0 Å². The van der Waals surface area contributed by atoms with Crippen molar-refractivity contribution in [3.8, 4) is 0 Å². The van der Waals surface area contributed by atoms with Gasteiger partial charge in [-0.15, -0.1) is 0 Å². The minimum absolute atomic E-state index is 0.665. The molecule has 2 fully saturated rings. The Balaban J connectivity index is 1.59. The van der Waals surface area contributed by atoms with Crippen LogP contribution in [0.4, 0.5) is 11.4 Å². The standard InChI is InChI=1S/C20H34N4/c1-4-8-21-9-11-23(12-10-21)19-6-5-7-20(17-19)24-15-13-22(14-16-24)18(2)3/h5-7,17-18H,4,8-16H2,1-3H3. The van der Waals surface area contributed by atoms with E-state index in [9.17, 15) is 0 Å². The fourth-order valence-corrected chi connectivity index (χ4v) is 3.93. The van der Waals surface area contributed by atoms with Crippen LogP contribution in [0.5, 0.6) is 0 Å². The minimum atomic E-state index is 0.665. The number of nitrogens with zero attached hydrogens (tertiary/aromatic N) is 4. The molecular formula is C20H34N4. The third-order valence-electron chi connectivity index (χ3n) is 5.52. The maximum absolute atomic E-state index is 2.59. The molecule has 24 heavy (non-hydrogen) atoms. The van der Waals surface area contributed by atoms with E-state index in [2.05, 4.69) is 64.6 Å². The Kier molecular flexibility index (Phi) is 6.01. The SMILES string of the molecule is CCCN1CCN(c2cccc(N3CCN(C(C)C)CC3)c2)CC1. The third kappa shape index (κ3) is 4.22. The molecule has 0 saturated carbocycles. The lowest BCUT2D eigenvalue weighted by atomic mass is 10.2. The van der Waals surface area contributed by atoms with Crippen molar-refractivity contribution in [2.24, 2.45) is 0 Å². The van der Waals surface area contributed by atoms with E-state index in [1.54, 1.807) is 0 Å². The van der Waals surface area contributed by atoms with E-state index in [0.717, 1.165) is 26.2 Å². The number of rotatable bonds is 5.